The van der Waals surface area contributed by atoms with E-state index in [2.05, 4.69) is 0 Å². The van der Waals surface area contributed by atoms with Gasteiger partial charge in [-0.25, -0.2) is 8.42 Å². The second-order valence-electron chi connectivity index (χ2n) is 6.69. The van der Waals surface area contributed by atoms with E-state index in [1.807, 2.05) is 26.0 Å². The van der Waals surface area contributed by atoms with Crippen molar-refractivity contribution in [3.05, 3.63) is 84.4 Å². The predicted molar refractivity (Wildman–Crippen MR) is 120 cm³/mol. The Bertz CT molecular complexity index is 1090. The number of rotatable bonds is 9. The zero-order chi connectivity index (χ0) is 22.3. The maximum Gasteiger partial charge on any atom is 0.278 e. The molecule has 0 aromatic heterocycles. The fourth-order valence-corrected chi connectivity index (χ4v) is 4.42. The van der Waals surface area contributed by atoms with Crippen molar-refractivity contribution < 1.29 is 22.7 Å². The van der Waals surface area contributed by atoms with Gasteiger partial charge in [0.2, 0.25) is 0 Å². The molecule has 0 radical (unpaired) electrons. The first-order chi connectivity index (χ1) is 15.0. The van der Waals surface area contributed by atoms with Crippen LogP contribution in [0.25, 0.3) is 0 Å². The SMILES string of the molecule is CCOc1ccc(OCC(=O)N(c2ccc(CC)cc2)S(=O)(=O)c2ccccc2)cc1. The molecular formula is C24H25NO5S. The molecule has 3 aromatic rings. The van der Waals surface area contributed by atoms with Crippen molar-refractivity contribution in [1.82, 2.24) is 0 Å². The van der Waals surface area contributed by atoms with Crippen LogP contribution in [-0.4, -0.2) is 27.5 Å². The highest BCUT2D eigenvalue weighted by Gasteiger charge is 2.31. The van der Waals surface area contributed by atoms with E-state index in [-0.39, 0.29) is 10.6 Å². The minimum Gasteiger partial charge on any atom is -0.494 e. The maximum absolute atomic E-state index is 13.3. The van der Waals surface area contributed by atoms with Gasteiger partial charge in [-0.1, -0.05) is 37.3 Å². The van der Waals surface area contributed by atoms with Gasteiger partial charge in [-0.3, -0.25) is 4.79 Å². The van der Waals surface area contributed by atoms with Gasteiger partial charge in [0.15, 0.2) is 6.61 Å². The lowest BCUT2D eigenvalue weighted by molar-refractivity contribution is -0.119. The van der Waals surface area contributed by atoms with Gasteiger partial charge >= 0.3 is 0 Å². The Hall–Kier alpha value is -3.32. The summed E-state index contributed by atoms with van der Waals surface area (Å²) in [5.74, 6) is 0.433. The Morgan fingerprint density at radius 3 is 1.94 bits per heavy atom. The third-order valence-corrected chi connectivity index (χ3v) is 6.35. The third-order valence-electron chi connectivity index (χ3n) is 4.58. The van der Waals surface area contributed by atoms with Crippen molar-refractivity contribution in [3.63, 3.8) is 0 Å². The van der Waals surface area contributed by atoms with E-state index in [1.165, 1.54) is 12.1 Å². The van der Waals surface area contributed by atoms with Crippen LogP contribution in [0, 0.1) is 0 Å². The zero-order valence-electron chi connectivity index (χ0n) is 17.5. The van der Waals surface area contributed by atoms with Gasteiger partial charge in [0.25, 0.3) is 15.9 Å². The van der Waals surface area contributed by atoms with Crippen molar-refractivity contribution in [2.24, 2.45) is 0 Å². The Kier molecular flexibility index (Phi) is 7.31. The van der Waals surface area contributed by atoms with Crippen LogP contribution in [0.3, 0.4) is 0 Å². The average Bonchev–Trinajstić information content (AvgIpc) is 2.80. The molecule has 1 amide bonds. The molecule has 0 saturated carbocycles. The summed E-state index contributed by atoms with van der Waals surface area (Å²) in [4.78, 5) is 13.1. The van der Waals surface area contributed by atoms with Gasteiger partial charge in [-0.2, -0.15) is 4.31 Å². The lowest BCUT2D eigenvalue weighted by atomic mass is 10.1. The van der Waals surface area contributed by atoms with Gasteiger partial charge in [0.1, 0.15) is 11.5 Å². The minimum absolute atomic E-state index is 0.0315. The average molecular weight is 440 g/mol. The summed E-state index contributed by atoms with van der Waals surface area (Å²) < 4.78 is 38.3. The first-order valence-corrected chi connectivity index (χ1v) is 11.5. The first kappa shape index (κ1) is 22.4. The quantitative estimate of drug-likeness (QED) is 0.493. The molecular weight excluding hydrogens is 414 g/mol. The highest BCUT2D eigenvalue weighted by Crippen LogP contribution is 2.25. The molecule has 6 nitrogen and oxygen atoms in total. The molecule has 0 spiro atoms. The van der Waals surface area contributed by atoms with Gasteiger partial charge in [0, 0.05) is 0 Å². The predicted octanol–water partition coefficient (Wildman–Crippen LogP) is 4.45. The van der Waals surface area contributed by atoms with Gasteiger partial charge < -0.3 is 9.47 Å². The number of amides is 1. The Labute approximate surface area is 183 Å². The Balaban J connectivity index is 1.87. The molecule has 0 unspecified atom stereocenters. The summed E-state index contributed by atoms with van der Waals surface area (Å²) in [6, 6.07) is 21.6. The number of hydrogen-bond donors (Lipinski definition) is 0. The number of anilines is 1. The molecule has 0 aliphatic rings. The van der Waals surface area contributed by atoms with E-state index in [0.717, 1.165) is 16.3 Å². The monoisotopic (exact) mass is 439 g/mol. The first-order valence-electron chi connectivity index (χ1n) is 10.0. The molecule has 0 atom stereocenters. The highest BCUT2D eigenvalue weighted by atomic mass is 32.2. The van der Waals surface area contributed by atoms with Crippen LogP contribution in [0.5, 0.6) is 11.5 Å². The van der Waals surface area contributed by atoms with Crippen molar-refractivity contribution in [2.45, 2.75) is 25.2 Å². The highest BCUT2D eigenvalue weighted by molar-refractivity contribution is 7.93. The van der Waals surface area contributed by atoms with Crippen molar-refractivity contribution in [2.75, 3.05) is 17.5 Å². The van der Waals surface area contributed by atoms with E-state index >= 15 is 0 Å². The summed E-state index contributed by atoms with van der Waals surface area (Å²) in [6.07, 6.45) is 0.806. The third kappa shape index (κ3) is 5.44. The maximum atomic E-state index is 13.3. The van der Waals surface area contributed by atoms with E-state index in [4.69, 9.17) is 9.47 Å². The number of nitrogens with zero attached hydrogens (tertiary/aromatic N) is 1. The molecule has 0 bridgehead atoms. The fraction of sp³-hybridized carbons (Fsp3) is 0.208. The van der Waals surface area contributed by atoms with Crippen molar-refractivity contribution in [3.8, 4) is 11.5 Å². The topological polar surface area (TPSA) is 72.9 Å². The largest absolute Gasteiger partial charge is 0.494 e. The van der Waals surface area contributed by atoms with Crippen LogP contribution in [0.2, 0.25) is 0 Å². The normalized spacial score (nSPS) is 11.0. The van der Waals surface area contributed by atoms with E-state index in [1.54, 1.807) is 54.6 Å². The molecule has 0 aliphatic carbocycles. The number of aryl methyl sites for hydroxylation is 1. The molecule has 3 aromatic carbocycles. The number of carbonyl (C=O) groups excluding carboxylic acids is 1. The Morgan fingerprint density at radius 1 is 0.806 bits per heavy atom. The van der Waals surface area contributed by atoms with E-state index in [0.29, 0.717) is 18.1 Å². The second kappa shape index (κ2) is 10.1. The van der Waals surface area contributed by atoms with Crippen LogP contribution in [-0.2, 0) is 21.2 Å². The van der Waals surface area contributed by atoms with Gasteiger partial charge in [0.05, 0.1) is 17.2 Å². The lowest BCUT2D eigenvalue weighted by Gasteiger charge is -2.23. The van der Waals surface area contributed by atoms with Gasteiger partial charge in [-0.15, -0.1) is 0 Å². The standard InChI is InChI=1S/C24H25NO5S/c1-3-19-10-12-20(13-11-19)25(31(27,28)23-8-6-5-7-9-23)24(26)18-30-22-16-14-21(15-17-22)29-4-2/h5-17H,3-4,18H2,1-2H3. The molecule has 3 rings (SSSR count). The molecule has 0 heterocycles. The lowest BCUT2D eigenvalue weighted by Crippen LogP contribution is -2.40. The summed E-state index contributed by atoms with van der Waals surface area (Å²) in [6.45, 7) is 4.00. The van der Waals surface area contributed by atoms with Crippen molar-refractivity contribution >= 4 is 21.6 Å². The smallest absolute Gasteiger partial charge is 0.278 e. The molecule has 7 heteroatoms. The summed E-state index contributed by atoms with van der Waals surface area (Å²) >= 11 is 0. The molecule has 0 N–H and O–H groups in total. The molecule has 0 fully saturated rings. The van der Waals surface area contributed by atoms with Crippen LogP contribution in [0.1, 0.15) is 19.4 Å². The number of sulfonamides is 1. The fourth-order valence-electron chi connectivity index (χ4n) is 2.98. The van der Waals surface area contributed by atoms with Crippen LogP contribution < -0.4 is 13.8 Å². The van der Waals surface area contributed by atoms with E-state index < -0.39 is 22.5 Å². The summed E-state index contributed by atoms with van der Waals surface area (Å²) in [5, 5.41) is 0. The minimum atomic E-state index is -4.11. The van der Waals surface area contributed by atoms with Crippen molar-refractivity contribution in [1.29, 1.82) is 0 Å². The number of ether oxygens (including phenoxy) is 2. The number of carbonyl (C=O) groups is 1. The zero-order valence-corrected chi connectivity index (χ0v) is 18.3. The van der Waals surface area contributed by atoms with Crippen LogP contribution >= 0.6 is 0 Å². The van der Waals surface area contributed by atoms with Gasteiger partial charge in [-0.05, 0) is 67.4 Å². The molecule has 0 aliphatic heterocycles. The Morgan fingerprint density at radius 2 is 1.39 bits per heavy atom. The number of hydrogen-bond acceptors (Lipinski definition) is 5. The molecule has 162 valence electrons. The van der Waals surface area contributed by atoms with E-state index in [9.17, 15) is 13.2 Å². The van der Waals surface area contributed by atoms with Crippen LogP contribution in [0.15, 0.2) is 83.8 Å². The summed E-state index contributed by atoms with van der Waals surface area (Å²) in [7, 11) is -4.11. The molecule has 31 heavy (non-hydrogen) atoms. The van der Waals surface area contributed by atoms with Crippen LogP contribution in [0.4, 0.5) is 5.69 Å². The summed E-state index contributed by atoms with van der Waals surface area (Å²) in [5.41, 5.74) is 1.31. The molecule has 0 saturated heterocycles. The second-order valence-corrected chi connectivity index (χ2v) is 8.48. The number of benzene rings is 3.